The van der Waals surface area contributed by atoms with Crippen molar-refractivity contribution in [2.75, 3.05) is 26.8 Å². The second-order valence-corrected chi connectivity index (χ2v) is 4.64. The van der Waals surface area contributed by atoms with E-state index in [-0.39, 0.29) is 17.9 Å². The van der Waals surface area contributed by atoms with Crippen molar-refractivity contribution in [3.8, 4) is 17.6 Å². The zero-order valence-electron chi connectivity index (χ0n) is 11.2. The van der Waals surface area contributed by atoms with E-state index in [1.165, 1.54) is 7.11 Å². The molecule has 0 saturated carbocycles. The third-order valence-electron chi connectivity index (χ3n) is 3.28. The van der Waals surface area contributed by atoms with E-state index in [9.17, 15) is 10.4 Å². The summed E-state index contributed by atoms with van der Waals surface area (Å²) < 4.78 is 10.6. The number of nitrogens with zero attached hydrogens (tertiary/aromatic N) is 2. The number of benzene rings is 1. The van der Waals surface area contributed by atoms with Crippen LogP contribution >= 0.6 is 0 Å². The van der Waals surface area contributed by atoms with Crippen molar-refractivity contribution >= 4 is 0 Å². The van der Waals surface area contributed by atoms with E-state index in [2.05, 4.69) is 11.0 Å². The molecular formula is C14H18N2O3. The minimum absolute atomic E-state index is 0.0817. The summed E-state index contributed by atoms with van der Waals surface area (Å²) in [5, 5.41) is 19.0. The first-order valence-electron chi connectivity index (χ1n) is 6.28. The van der Waals surface area contributed by atoms with Crippen molar-refractivity contribution in [2.24, 2.45) is 0 Å². The Balaban J connectivity index is 2.24. The lowest BCUT2D eigenvalue weighted by Gasteiger charge is -2.34. The monoisotopic (exact) mass is 262 g/mol. The van der Waals surface area contributed by atoms with Crippen molar-refractivity contribution in [1.29, 1.82) is 5.26 Å². The Hall–Kier alpha value is -1.77. The van der Waals surface area contributed by atoms with Crippen molar-refractivity contribution in [2.45, 2.75) is 19.1 Å². The molecule has 0 unspecified atom stereocenters. The first-order valence-corrected chi connectivity index (χ1v) is 6.28. The molecule has 0 amide bonds. The number of methoxy groups -OCH3 is 1. The summed E-state index contributed by atoms with van der Waals surface area (Å²) in [5.74, 6) is 0.470. The van der Waals surface area contributed by atoms with E-state index in [1.807, 2.05) is 6.92 Å². The van der Waals surface area contributed by atoms with Gasteiger partial charge in [0.1, 0.15) is 6.04 Å². The van der Waals surface area contributed by atoms with E-state index in [4.69, 9.17) is 9.47 Å². The van der Waals surface area contributed by atoms with Crippen LogP contribution in [0.2, 0.25) is 0 Å². The summed E-state index contributed by atoms with van der Waals surface area (Å²) in [6.45, 7) is 4.08. The van der Waals surface area contributed by atoms with Crippen LogP contribution in [-0.2, 0) is 4.74 Å². The number of aromatic hydroxyl groups is 1. The third kappa shape index (κ3) is 2.98. The van der Waals surface area contributed by atoms with Gasteiger partial charge in [0.05, 0.1) is 25.9 Å². The fraction of sp³-hybridized carbons (Fsp3) is 0.500. The third-order valence-corrected chi connectivity index (χ3v) is 3.28. The van der Waals surface area contributed by atoms with Gasteiger partial charge >= 0.3 is 0 Å². The van der Waals surface area contributed by atoms with E-state index in [1.54, 1.807) is 18.2 Å². The van der Waals surface area contributed by atoms with Gasteiger partial charge in [-0.25, -0.2) is 0 Å². The maximum Gasteiger partial charge on any atom is 0.160 e. The largest absolute Gasteiger partial charge is 0.504 e. The average Bonchev–Trinajstić information content (AvgIpc) is 2.41. The maximum atomic E-state index is 9.60. The Morgan fingerprint density at radius 1 is 1.58 bits per heavy atom. The fourth-order valence-electron chi connectivity index (χ4n) is 2.31. The summed E-state index contributed by atoms with van der Waals surface area (Å²) in [5.41, 5.74) is 0.825. The van der Waals surface area contributed by atoms with Crippen LogP contribution in [0.5, 0.6) is 11.5 Å². The molecule has 1 N–H and O–H groups in total. The first-order chi connectivity index (χ1) is 9.15. The topological polar surface area (TPSA) is 65.7 Å². The first kappa shape index (κ1) is 13.7. The minimum Gasteiger partial charge on any atom is -0.504 e. The van der Waals surface area contributed by atoms with E-state index < -0.39 is 0 Å². The smallest absolute Gasteiger partial charge is 0.160 e. The van der Waals surface area contributed by atoms with Crippen LogP contribution in [0.25, 0.3) is 0 Å². The van der Waals surface area contributed by atoms with Crippen LogP contribution in [0, 0.1) is 11.3 Å². The van der Waals surface area contributed by atoms with Crippen molar-refractivity contribution < 1.29 is 14.6 Å². The zero-order valence-corrected chi connectivity index (χ0v) is 11.2. The number of morpholine rings is 1. The minimum atomic E-state index is -0.346. The molecule has 1 fully saturated rings. The van der Waals surface area contributed by atoms with Crippen LogP contribution in [0.4, 0.5) is 0 Å². The second kappa shape index (κ2) is 5.91. The molecule has 1 aliphatic rings. The number of nitriles is 1. The molecule has 0 aromatic heterocycles. The van der Waals surface area contributed by atoms with Crippen molar-refractivity contribution in [1.82, 2.24) is 4.90 Å². The van der Waals surface area contributed by atoms with Crippen LogP contribution < -0.4 is 4.74 Å². The molecule has 1 aliphatic heterocycles. The zero-order chi connectivity index (χ0) is 13.8. The molecule has 2 atom stereocenters. The van der Waals surface area contributed by atoms with Gasteiger partial charge in [-0.15, -0.1) is 0 Å². The molecule has 102 valence electrons. The van der Waals surface area contributed by atoms with Gasteiger partial charge in [0, 0.05) is 13.1 Å². The Kier molecular flexibility index (Phi) is 4.25. The highest BCUT2D eigenvalue weighted by molar-refractivity contribution is 5.43. The number of ether oxygens (including phenoxy) is 2. The summed E-state index contributed by atoms with van der Waals surface area (Å²) in [6, 6.07) is 6.99. The van der Waals surface area contributed by atoms with Crippen LogP contribution in [0.1, 0.15) is 18.5 Å². The molecule has 5 nitrogen and oxygen atoms in total. The van der Waals surface area contributed by atoms with Gasteiger partial charge < -0.3 is 14.6 Å². The average molecular weight is 262 g/mol. The molecule has 1 heterocycles. The molecule has 5 heteroatoms. The molecule has 0 bridgehead atoms. The summed E-state index contributed by atoms with van der Waals surface area (Å²) in [4.78, 5) is 2.08. The maximum absolute atomic E-state index is 9.60. The molecular weight excluding hydrogens is 244 g/mol. The van der Waals surface area contributed by atoms with E-state index >= 15 is 0 Å². The molecule has 0 spiro atoms. The number of phenols is 1. The predicted molar refractivity (Wildman–Crippen MR) is 70.0 cm³/mol. The highest BCUT2D eigenvalue weighted by atomic mass is 16.5. The lowest BCUT2D eigenvalue weighted by atomic mass is 10.0. The number of hydrogen-bond donors (Lipinski definition) is 1. The van der Waals surface area contributed by atoms with Crippen molar-refractivity contribution in [3.05, 3.63) is 23.8 Å². The fourth-order valence-corrected chi connectivity index (χ4v) is 2.31. The Morgan fingerprint density at radius 3 is 3.00 bits per heavy atom. The summed E-state index contributed by atoms with van der Waals surface area (Å²) >= 11 is 0. The van der Waals surface area contributed by atoms with Crippen LogP contribution in [0.3, 0.4) is 0 Å². The molecule has 2 rings (SSSR count). The van der Waals surface area contributed by atoms with Gasteiger partial charge in [0.25, 0.3) is 0 Å². The number of hydrogen-bond acceptors (Lipinski definition) is 5. The van der Waals surface area contributed by atoms with Gasteiger partial charge in [0.2, 0.25) is 0 Å². The predicted octanol–water partition coefficient (Wildman–Crippen LogP) is 1.69. The lowest BCUT2D eigenvalue weighted by molar-refractivity contribution is -0.0269. The Bertz CT molecular complexity index is 484. The van der Waals surface area contributed by atoms with Gasteiger partial charge in [-0.1, -0.05) is 6.07 Å². The highest BCUT2D eigenvalue weighted by Crippen LogP contribution is 2.31. The molecule has 1 aromatic rings. The second-order valence-electron chi connectivity index (χ2n) is 4.64. The summed E-state index contributed by atoms with van der Waals surface area (Å²) in [6.07, 6.45) is 0.128. The van der Waals surface area contributed by atoms with E-state index in [0.717, 1.165) is 18.7 Å². The Morgan fingerprint density at radius 2 is 2.37 bits per heavy atom. The quantitative estimate of drug-likeness (QED) is 0.898. The van der Waals surface area contributed by atoms with Gasteiger partial charge in [-0.2, -0.15) is 5.26 Å². The molecule has 1 aromatic carbocycles. The lowest BCUT2D eigenvalue weighted by Crippen LogP contribution is -2.42. The SMILES string of the molecule is COc1cc([C@@H](C#N)N2CCO[C@@H](C)C2)ccc1O. The normalized spacial score (nSPS) is 21.6. The summed E-state index contributed by atoms with van der Waals surface area (Å²) in [7, 11) is 1.50. The van der Waals surface area contributed by atoms with Gasteiger partial charge in [-0.05, 0) is 24.6 Å². The van der Waals surface area contributed by atoms with Gasteiger partial charge in [0.15, 0.2) is 11.5 Å². The van der Waals surface area contributed by atoms with Crippen LogP contribution in [0.15, 0.2) is 18.2 Å². The van der Waals surface area contributed by atoms with Crippen molar-refractivity contribution in [3.63, 3.8) is 0 Å². The number of phenolic OH excluding ortho intramolecular Hbond substituents is 1. The number of rotatable bonds is 3. The molecule has 0 aliphatic carbocycles. The highest BCUT2D eigenvalue weighted by Gasteiger charge is 2.26. The van der Waals surface area contributed by atoms with E-state index in [0.29, 0.717) is 12.4 Å². The standard InChI is InChI=1S/C14H18N2O3/c1-10-9-16(5-6-19-10)12(8-15)11-3-4-13(17)14(7-11)18-2/h3-4,7,10,12,17H,5-6,9H2,1-2H3/t10-,12+/m0/s1. The van der Waals surface area contributed by atoms with Crippen LogP contribution in [-0.4, -0.2) is 42.9 Å². The molecule has 19 heavy (non-hydrogen) atoms. The molecule has 1 saturated heterocycles. The Labute approximate surface area is 113 Å². The molecule has 0 radical (unpaired) electrons. The van der Waals surface area contributed by atoms with Gasteiger partial charge in [-0.3, -0.25) is 4.90 Å².